The maximum absolute atomic E-state index is 11.6. The molecular weight excluding hydrogens is 286 g/mol. The molecule has 0 aliphatic heterocycles. The Bertz CT molecular complexity index is 632. The third-order valence-electron chi connectivity index (χ3n) is 2.14. The lowest BCUT2D eigenvalue weighted by atomic mass is 10.1. The number of rotatable bonds is 4. The van der Waals surface area contributed by atoms with Gasteiger partial charge in [0.05, 0.1) is 27.5 Å². The van der Waals surface area contributed by atoms with Crippen molar-refractivity contribution in [2.45, 2.75) is 6.42 Å². The summed E-state index contributed by atoms with van der Waals surface area (Å²) in [5.41, 5.74) is 2.10. The Morgan fingerprint density at radius 2 is 1.62 bits per heavy atom. The zero-order valence-corrected chi connectivity index (χ0v) is 10.2. The van der Waals surface area contributed by atoms with Crippen molar-refractivity contribution in [2.24, 2.45) is 0 Å². The lowest BCUT2D eigenvalue weighted by Crippen LogP contribution is -2.41. The van der Waals surface area contributed by atoms with Crippen LogP contribution in [0.3, 0.4) is 0 Å². The number of non-ortho nitro benzene ring substituents is 2. The van der Waals surface area contributed by atoms with Crippen LogP contribution in [0.15, 0.2) is 18.2 Å². The second kappa shape index (κ2) is 6.57. The molecule has 0 spiro atoms. The van der Waals surface area contributed by atoms with Gasteiger partial charge in [0, 0.05) is 12.1 Å². The highest BCUT2D eigenvalue weighted by Gasteiger charge is 2.20. The lowest BCUT2D eigenvalue weighted by molar-refractivity contribution is -0.394. The molecule has 0 radical (unpaired) electrons. The van der Waals surface area contributed by atoms with Crippen LogP contribution in [-0.4, -0.2) is 21.7 Å². The Morgan fingerprint density at radius 1 is 1.10 bits per heavy atom. The molecule has 0 atom stereocenters. The van der Waals surface area contributed by atoms with E-state index in [9.17, 15) is 29.8 Å². The first-order chi connectivity index (χ1) is 9.85. The Kier molecular flexibility index (Phi) is 4.85. The van der Waals surface area contributed by atoms with Crippen LogP contribution in [-0.2, 0) is 4.79 Å². The molecule has 0 unspecified atom stereocenters. The van der Waals surface area contributed by atoms with Crippen molar-refractivity contribution in [3.05, 3.63) is 44.0 Å². The Morgan fingerprint density at radius 3 is 2.05 bits per heavy atom. The summed E-state index contributed by atoms with van der Waals surface area (Å²) in [5, 5.41) is 29.5. The smallest absolute Gasteiger partial charge is 0.272 e. The molecule has 0 heterocycles. The molecule has 0 aliphatic carbocycles. The molecule has 1 rings (SSSR count). The van der Waals surface area contributed by atoms with E-state index in [4.69, 9.17) is 5.26 Å². The number of hydrogen-bond acceptors (Lipinski definition) is 7. The second-order valence-electron chi connectivity index (χ2n) is 3.59. The average molecular weight is 293 g/mol. The van der Waals surface area contributed by atoms with Gasteiger partial charge in [0.2, 0.25) is 0 Å². The zero-order chi connectivity index (χ0) is 16.0. The van der Waals surface area contributed by atoms with E-state index in [2.05, 4.69) is 0 Å². The van der Waals surface area contributed by atoms with Gasteiger partial charge in [0.1, 0.15) is 6.42 Å². The molecule has 0 saturated carbocycles. The minimum absolute atomic E-state index is 0.381. The number of benzene rings is 1. The average Bonchev–Trinajstić information content (AvgIpc) is 2.44. The van der Waals surface area contributed by atoms with Crippen LogP contribution in [0.1, 0.15) is 16.8 Å². The number of nitrogens with one attached hydrogen (secondary N) is 2. The van der Waals surface area contributed by atoms with Crippen LogP contribution >= 0.6 is 0 Å². The Hall–Kier alpha value is -3.55. The molecule has 21 heavy (non-hydrogen) atoms. The van der Waals surface area contributed by atoms with Crippen molar-refractivity contribution in [2.75, 3.05) is 0 Å². The normalized spacial score (nSPS) is 9.29. The number of nitro groups is 2. The molecule has 1 aromatic carbocycles. The number of nitrogens with zero attached hydrogens (tertiary/aromatic N) is 3. The van der Waals surface area contributed by atoms with Crippen LogP contribution in [0.4, 0.5) is 11.4 Å². The summed E-state index contributed by atoms with van der Waals surface area (Å²) in [6.45, 7) is 0. The number of carbonyl (C=O) groups excluding carboxylic acids is 2. The summed E-state index contributed by atoms with van der Waals surface area (Å²) >= 11 is 0. The lowest BCUT2D eigenvalue weighted by Gasteiger charge is -2.05. The van der Waals surface area contributed by atoms with E-state index in [0.717, 1.165) is 12.1 Å². The highest BCUT2D eigenvalue weighted by Crippen LogP contribution is 2.22. The van der Waals surface area contributed by atoms with Gasteiger partial charge in [0.15, 0.2) is 0 Å². The van der Waals surface area contributed by atoms with Crippen molar-refractivity contribution in [3.8, 4) is 6.07 Å². The molecule has 11 nitrogen and oxygen atoms in total. The summed E-state index contributed by atoms with van der Waals surface area (Å²) in [5.74, 6) is -1.79. The highest BCUT2D eigenvalue weighted by atomic mass is 16.6. The molecular formula is C10H7N5O6. The summed E-state index contributed by atoms with van der Waals surface area (Å²) in [4.78, 5) is 42.1. The van der Waals surface area contributed by atoms with Crippen molar-refractivity contribution in [1.29, 1.82) is 5.26 Å². The van der Waals surface area contributed by atoms with Gasteiger partial charge in [-0.3, -0.25) is 40.7 Å². The molecule has 0 aliphatic rings. The van der Waals surface area contributed by atoms with Crippen LogP contribution in [0.2, 0.25) is 0 Å². The SMILES string of the molecule is N#CCC(=O)NNC(=O)c1cc([N+](=O)[O-])cc([N+](=O)[O-])c1. The van der Waals surface area contributed by atoms with E-state index < -0.39 is 39.5 Å². The number of hydrogen-bond donors (Lipinski definition) is 2. The minimum Gasteiger partial charge on any atom is -0.272 e. The fourth-order valence-corrected chi connectivity index (χ4v) is 1.25. The molecule has 2 amide bonds. The van der Waals surface area contributed by atoms with Gasteiger partial charge in [-0.2, -0.15) is 5.26 Å². The third kappa shape index (κ3) is 4.24. The minimum atomic E-state index is -0.993. The maximum Gasteiger partial charge on any atom is 0.277 e. The van der Waals surface area contributed by atoms with Gasteiger partial charge < -0.3 is 0 Å². The van der Waals surface area contributed by atoms with Crippen LogP contribution in [0, 0.1) is 31.6 Å². The molecule has 108 valence electrons. The predicted molar refractivity (Wildman–Crippen MR) is 65.6 cm³/mol. The largest absolute Gasteiger partial charge is 0.277 e. The number of amides is 2. The number of nitriles is 1. The van der Waals surface area contributed by atoms with E-state index in [1.54, 1.807) is 0 Å². The molecule has 0 bridgehead atoms. The van der Waals surface area contributed by atoms with Gasteiger partial charge in [-0.25, -0.2) is 0 Å². The highest BCUT2D eigenvalue weighted by molar-refractivity contribution is 5.96. The first-order valence-electron chi connectivity index (χ1n) is 5.25. The molecule has 0 fully saturated rings. The third-order valence-corrected chi connectivity index (χ3v) is 2.14. The number of hydrazine groups is 1. The Balaban J connectivity index is 2.98. The molecule has 1 aromatic rings. The van der Waals surface area contributed by atoms with Crippen LogP contribution in [0.25, 0.3) is 0 Å². The van der Waals surface area contributed by atoms with Gasteiger partial charge in [-0.05, 0) is 0 Å². The topological polar surface area (TPSA) is 168 Å². The van der Waals surface area contributed by atoms with Crippen LogP contribution < -0.4 is 10.9 Å². The summed E-state index contributed by atoms with van der Waals surface area (Å²) in [6, 6.07) is 3.87. The number of carbonyl (C=O) groups is 2. The van der Waals surface area contributed by atoms with E-state index in [1.807, 2.05) is 10.9 Å². The van der Waals surface area contributed by atoms with E-state index >= 15 is 0 Å². The standard InChI is InChI=1S/C10H7N5O6/c11-2-1-9(16)12-13-10(17)6-3-7(14(18)19)5-8(4-6)15(20)21/h3-5H,1H2,(H,12,16)(H,13,17). The number of nitro benzene ring substituents is 2. The molecule has 2 N–H and O–H groups in total. The molecule has 0 saturated heterocycles. The summed E-state index contributed by atoms with van der Waals surface area (Å²) < 4.78 is 0. The monoisotopic (exact) mass is 293 g/mol. The van der Waals surface area contributed by atoms with Gasteiger partial charge in [0.25, 0.3) is 23.2 Å². The second-order valence-corrected chi connectivity index (χ2v) is 3.59. The fourth-order valence-electron chi connectivity index (χ4n) is 1.25. The van der Waals surface area contributed by atoms with Crippen molar-refractivity contribution in [3.63, 3.8) is 0 Å². The van der Waals surface area contributed by atoms with Gasteiger partial charge >= 0.3 is 0 Å². The summed E-state index contributed by atoms with van der Waals surface area (Å²) in [7, 11) is 0. The molecule has 11 heteroatoms. The summed E-state index contributed by atoms with van der Waals surface area (Å²) in [6.07, 6.45) is -0.505. The van der Waals surface area contributed by atoms with Crippen molar-refractivity contribution >= 4 is 23.2 Å². The predicted octanol–water partition coefficient (Wildman–Crippen LogP) is 0.178. The van der Waals surface area contributed by atoms with Crippen LogP contribution in [0.5, 0.6) is 0 Å². The van der Waals surface area contributed by atoms with E-state index in [1.165, 1.54) is 6.07 Å². The van der Waals surface area contributed by atoms with Gasteiger partial charge in [-0.1, -0.05) is 0 Å². The molecule has 0 aromatic heterocycles. The van der Waals surface area contributed by atoms with Crippen molar-refractivity contribution in [1.82, 2.24) is 10.9 Å². The quantitative estimate of drug-likeness (QED) is 0.589. The first kappa shape index (κ1) is 15.5. The Labute approximate surface area is 116 Å². The van der Waals surface area contributed by atoms with E-state index in [0.29, 0.717) is 6.07 Å². The zero-order valence-electron chi connectivity index (χ0n) is 10.2. The fraction of sp³-hybridized carbons (Fsp3) is 0.100. The first-order valence-corrected chi connectivity index (χ1v) is 5.25. The van der Waals surface area contributed by atoms with E-state index in [-0.39, 0.29) is 5.56 Å². The maximum atomic E-state index is 11.6. The van der Waals surface area contributed by atoms with Crippen molar-refractivity contribution < 1.29 is 19.4 Å². The van der Waals surface area contributed by atoms with Gasteiger partial charge in [-0.15, -0.1) is 0 Å².